The van der Waals surface area contributed by atoms with Gasteiger partial charge in [-0.3, -0.25) is 4.90 Å². The number of hydrogen-bond acceptors (Lipinski definition) is 4. The second-order valence-corrected chi connectivity index (χ2v) is 4.71. The first-order chi connectivity index (χ1) is 8.69. The van der Waals surface area contributed by atoms with Crippen LogP contribution in [0.2, 0.25) is 0 Å². The summed E-state index contributed by atoms with van der Waals surface area (Å²) in [5, 5.41) is 21.1. The zero-order valence-corrected chi connectivity index (χ0v) is 10.3. The molecule has 0 spiro atoms. The van der Waals surface area contributed by atoms with Crippen LogP contribution in [0.15, 0.2) is 29.4 Å². The summed E-state index contributed by atoms with van der Waals surface area (Å²) in [7, 11) is 0. The van der Waals surface area contributed by atoms with Crippen LogP contribution < -0.4 is 5.73 Å². The van der Waals surface area contributed by atoms with Crippen LogP contribution in [0.3, 0.4) is 0 Å². The molecule has 0 saturated carbocycles. The van der Waals surface area contributed by atoms with Gasteiger partial charge in [0, 0.05) is 18.7 Å². The Morgan fingerprint density at radius 3 is 2.72 bits per heavy atom. The Hall–Kier alpha value is -1.59. The van der Waals surface area contributed by atoms with Crippen LogP contribution in [0.4, 0.5) is 0 Å². The molecule has 0 amide bonds. The van der Waals surface area contributed by atoms with E-state index in [0.717, 1.165) is 32.5 Å². The van der Waals surface area contributed by atoms with Gasteiger partial charge in [0.2, 0.25) is 0 Å². The van der Waals surface area contributed by atoms with E-state index in [0.29, 0.717) is 5.56 Å². The highest BCUT2D eigenvalue weighted by Crippen LogP contribution is 2.14. The quantitative estimate of drug-likeness (QED) is 0.319. The summed E-state index contributed by atoms with van der Waals surface area (Å²) in [5.74, 6) is 0.120. The van der Waals surface area contributed by atoms with Crippen LogP contribution in [-0.2, 0) is 6.54 Å². The molecule has 1 aliphatic heterocycles. The fourth-order valence-electron chi connectivity index (χ4n) is 2.27. The van der Waals surface area contributed by atoms with Crippen molar-refractivity contribution in [1.82, 2.24) is 4.90 Å². The number of piperidine rings is 1. The van der Waals surface area contributed by atoms with Gasteiger partial charge in [0.1, 0.15) is 0 Å². The van der Waals surface area contributed by atoms with Crippen molar-refractivity contribution in [3.63, 3.8) is 0 Å². The standard InChI is InChI=1S/C13H19N3O2/c14-13(15-18)11-5-3-10(4-6-11)8-16-7-1-2-12(17)9-16/h3-6,12,17-18H,1-2,7-9H2,(H2,14,15). The molecule has 5 heteroatoms. The maximum atomic E-state index is 9.60. The third-order valence-electron chi connectivity index (χ3n) is 3.24. The third-order valence-corrected chi connectivity index (χ3v) is 3.24. The first kappa shape index (κ1) is 12.9. The number of nitrogens with zero attached hydrogens (tertiary/aromatic N) is 2. The normalized spacial score (nSPS) is 22.1. The van der Waals surface area contributed by atoms with Gasteiger partial charge in [-0.25, -0.2) is 0 Å². The number of benzene rings is 1. The van der Waals surface area contributed by atoms with Gasteiger partial charge in [-0.1, -0.05) is 29.4 Å². The fourth-order valence-corrected chi connectivity index (χ4v) is 2.27. The molecule has 2 rings (SSSR count). The van der Waals surface area contributed by atoms with E-state index < -0.39 is 0 Å². The van der Waals surface area contributed by atoms with E-state index in [9.17, 15) is 5.11 Å². The molecule has 4 N–H and O–H groups in total. The molecule has 1 aliphatic rings. The minimum absolute atomic E-state index is 0.120. The monoisotopic (exact) mass is 249 g/mol. The lowest BCUT2D eigenvalue weighted by Gasteiger charge is -2.29. The summed E-state index contributed by atoms with van der Waals surface area (Å²) in [6.07, 6.45) is 1.75. The highest BCUT2D eigenvalue weighted by Gasteiger charge is 2.17. The summed E-state index contributed by atoms with van der Waals surface area (Å²) in [5.41, 5.74) is 7.38. The molecular weight excluding hydrogens is 230 g/mol. The van der Waals surface area contributed by atoms with Crippen LogP contribution in [-0.4, -0.2) is 40.2 Å². The van der Waals surface area contributed by atoms with E-state index in [1.54, 1.807) is 0 Å². The predicted molar refractivity (Wildman–Crippen MR) is 69.5 cm³/mol. The van der Waals surface area contributed by atoms with Crippen molar-refractivity contribution in [1.29, 1.82) is 0 Å². The molecule has 5 nitrogen and oxygen atoms in total. The summed E-state index contributed by atoms with van der Waals surface area (Å²) >= 11 is 0. The van der Waals surface area contributed by atoms with Crippen molar-refractivity contribution < 1.29 is 10.3 Å². The maximum absolute atomic E-state index is 9.60. The second kappa shape index (κ2) is 5.84. The highest BCUT2D eigenvalue weighted by molar-refractivity contribution is 5.96. The first-order valence-electron chi connectivity index (χ1n) is 6.16. The van der Waals surface area contributed by atoms with Crippen LogP contribution in [0.5, 0.6) is 0 Å². The smallest absolute Gasteiger partial charge is 0.170 e. The number of rotatable bonds is 3. The maximum Gasteiger partial charge on any atom is 0.170 e. The Bertz CT molecular complexity index is 417. The SMILES string of the molecule is N/C(=N/O)c1ccc(CN2CCCC(O)C2)cc1. The molecular formula is C13H19N3O2. The average molecular weight is 249 g/mol. The van der Waals surface area contributed by atoms with Crippen LogP contribution >= 0.6 is 0 Å². The number of likely N-dealkylation sites (tertiary alicyclic amines) is 1. The lowest BCUT2D eigenvalue weighted by molar-refractivity contribution is 0.0668. The molecule has 98 valence electrons. The van der Waals surface area contributed by atoms with Crippen molar-refractivity contribution in [3.8, 4) is 0 Å². The van der Waals surface area contributed by atoms with E-state index in [4.69, 9.17) is 10.9 Å². The molecule has 1 unspecified atom stereocenters. The van der Waals surface area contributed by atoms with Gasteiger partial charge in [0.05, 0.1) is 6.10 Å². The first-order valence-corrected chi connectivity index (χ1v) is 6.16. The van der Waals surface area contributed by atoms with Gasteiger partial charge < -0.3 is 16.0 Å². The van der Waals surface area contributed by atoms with Crippen molar-refractivity contribution in [3.05, 3.63) is 35.4 Å². The zero-order valence-electron chi connectivity index (χ0n) is 10.3. The van der Waals surface area contributed by atoms with Gasteiger partial charge in [0.15, 0.2) is 5.84 Å². The molecule has 1 fully saturated rings. The third kappa shape index (κ3) is 3.21. The van der Waals surface area contributed by atoms with Crippen molar-refractivity contribution in [2.45, 2.75) is 25.5 Å². The Kier molecular flexibility index (Phi) is 4.17. The van der Waals surface area contributed by atoms with Crippen LogP contribution in [0, 0.1) is 0 Å². The van der Waals surface area contributed by atoms with E-state index in [1.165, 1.54) is 5.56 Å². The Labute approximate surface area is 107 Å². The van der Waals surface area contributed by atoms with Crippen LogP contribution in [0.1, 0.15) is 24.0 Å². The molecule has 18 heavy (non-hydrogen) atoms. The van der Waals surface area contributed by atoms with Gasteiger partial charge in [0.25, 0.3) is 0 Å². The van der Waals surface area contributed by atoms with Crippen molar-refractivity contribution in [2.75, 3.05) is 13.1 Å². The van der Waals surface area contributed by atoms with Gasteiger partial charge in [-0.05, 0) is 24.9 Å². The molecule has 1 atom stereocenters. The second-order valence-electron chi connectivity index (χ2n) is 4.71. The fraction of sp³-hybridized carbons (Fsp3) is 0.462. The summed E-state index contributed by atoms with van der Waals surface area (Å²) in [6.45, 7) is 2.59. The van der Waals surface area contributed by atoms with Crippen LogP contribution in [0.25, 0.3) is 0 Å². The van der Waals surface area contributed by atoms with Crippen molar-refractivity contribution >= 4 is 5.84 Å². The molecule has 0 bridgehead atoms. The van der Waals surface area contributed by atoms with Gasteiger partial charge in [-0.2, -0.15) is 0 Å². The average Bonchev–Trinajstić information content (AvgIpc) is 2.39. The Morgan fingerprint density at radius 2 is 2.11 bits per heavy atom. The predicted octanol–water partition coefficient (Wildman–Crippen LogP) is 0.738. The molecule has 0 aliphatic carbocycles. The molecule has 1 heterocycles. The summed E-state index contributed by atoms with van der Waals surface area (Å²) in [6, 6.07) is 7.61. The number of β-amino-alcohol motifs (C(OH)–C–C–N with tert-alkyl or cyclic N) is 1. The lowest BCUT2D eigenvalue weighted by Crippen LogP contribution is -2.37. The minimum atomic E-state index is -0.199. The number of oxime groups is 1. The van der Waals surface area contributed by atoms with Gasteiger partial charge >= 0.3 is 0 Å². The van der Waals surface area contributed by atoms with Gasteiger partial charge in [-0.15, -0.1) is 0 Å². The Balaban J connectivity index is 1.97. The van der Waals surface area contributed by atoms with E-state index >= 15 is 0 Å². The van der Waals surface area contributed by atoms with E-state index in [1.807, 2.05) is 24.3 Å². The largest absolute Gasteiger partial charge is 0.409 e. The lowest BCUT2D eigenvalue weighted by atomic mass is 10.1. The Morgan fingerprint density at radius 1 is 1.39 bits per heavy atom. The minimum Gasteiger partial charge on any atom is -0.409 e. The molecule has 1 aromatic rings. The molecule has 1 saturated heterocycles. The van der Waals surface area contributed by atoms with Crippen molar-refractivity contribution in [2.24, 2.45) is 10.9 Å². The highest BCUT2D eigenvalue weighted by atomic mass is 16.4. The molecule has 0 radical (unpaired) electrons. The van der Waals surface area contributed by atoms with E-state index in [2.05, 4.69) is 10.1 Å². The number of aliphatic hydroxyl groups is 1. The number of nitrogens with two attached hydrogens (primary N) is 1. The molecule has 1 aromatic carbocycles. The summed E-state index contributed by atoms with van der Waals surface area (Å²) < 4.78 is 0. The number of aliphatic hydroxyl groups excluding tert-OH is 1. The topological polar surface area (TPSA) is 82.1 Å². The molecule has 0 aromatic heterocycles. The zero-order chi connectivity index (χ0) is 13.0. The van der Waals surface area contributed by atoms with E-state index in [-0.39, 0.29) is 11.9 Å². The summed E-state index contributed by atoms with van der Waals surface area (Å²) in [4.78, 5) is 2.24. The number of hydrogen-bond donors (Lipinski definition) is 3. The number of amidine groups is 1.